The summed E-state index contributed by atoms with van der Waals surface area (Å²) in [5, 5.41) is 0. The van der Waals surface area contributed by atoms with Crippen LogP contribution in [0.3, 0.4) is 0 Å². The van der Waals surface area contributed by atoms with Gasteiger partial charge < -0.3 is 10.5 Å². The van der Waals surface area contributed by atoms with Crippen LogP contribution in [-0.2, 0) is 21.3 Å². The molecule has 1 atom stereocenters. The lowest BCUT2D eigenvalue weighted by Gasteiger charge is -2.30. The summed E-state index contributed by atoms with van der Waals surface area (Å²) in [5.74, 6) is -0.783. The van der Waals surface area contributed by atoms with Crippen LogP contribution in [0.2, 0.25) is 0 Å². The molecule has 112 valence electrons. The number of nitrogens with two attached hydrogens (primary N) is 1. The third-order valence-electron chi connectivity index (χ3n) is 3.12. The Morgan fingerprint density at radius 2 is 2.25 bits per heavy atom. The molecule has 0 saturated carbocycles. The quantitative estimate of drug-likeness (QED) is 0.878. The highest BCUT2D eigenvalue weighted by Crippen LogP contribution is 2.27. The van der Waals surface area contributed by atoms with Crippen LogP contribution in [0.5, 0.6) is 0 Å². The molecule has 0 bridgehead atoms. The predicted molar refractivity (Wildman–Crippen MR) is 76.2 cm³/mol. The molecular weight excluding hydrogens is 351 g/mol. The first-order valence-electron chi connectivity index (χ1n) is 6.16. The van der Waals surface area contributed by atoms with E-state index in [0.717, 1.165) is 0 Å². The van der Waals surface area contributed by atoms with Gasteiger partial charge in [-0.15, -0.1) is 0 Å². The Bertz CT molecular complexity index is 609. The molecule has 1 aliphatic rings. The first-order chi connectivity index (χ1) is 9.36. The number of benzene rings is 1. The maximum absolute atomic E-state index is 14.3. The molecule has 0 aliphatic carbocycles. The van der Waals surface area contributed by atoms with Gasteiger partial charge in [0.2, 0.25) is 10.0 Å². The summed E-state index contributed by atoms with van der Waals surface area (Å²) in [4.78, 5) is -0.346. The Morgan fingerprint density at radius 3 is 2.85 bits per heavy atom. The van der Waals surface area contributed by atoms with Crippen molar-refractivity contribution >= 4 is 26.0 Å². The van der Waals surface area contributed by atoms with Crippen LogP contribution in [0, 0.1) is 5.82 Å². The van der Waals surface area contributed by atoms with Crippen molar-refractivity contribution in [2.24, 2.45) is 5.73 Å². The molecule has 20 heavy (non-hydrogen) atoms. The van der Waals surface area contributed by atoms with E-state index in [0.29, 0.717) is 11.1 Å². The third kappa shape index (κ3) is 3.04. The van der Waals surface area contributed by atoms with Crippen LogP contribution in [0.25, 0.3) is 0 Å². The van der Waals surface area contributed by atoms with Gasteiger partial charge in [-0.3, -0.25) is 0 Å². The fourth-order valence-corrected chi connectivity index (χ4v) is 4.39. The molecule has 0 radical (unpaired) electrons. The van der Waals surface area contributed by atoms with Gasteiger partial charge in [0.1, 0.15) is 10.7 Å². The van der Waals surface area contributed by atoms with E-state index in [1.54, 1.807) is 6.92 Å². The number of rotatable bonds is 3. The van der Waals surface area contributed by atoms with Crippen molar-refractivity contribution in [3.63, 3.8) is 0 Å². The van der Waals surface area contributed by atoms with Gasteiger partial charge >= 0.3 is 0 Å². The van der Waals surface area contributed by atoms with Gasteiger partial charge in [-0.1, -0.05) is 15.9 Å². The molecule has 0 spiro atoms. The summed E-state index contributed by atoms with van der Waals surface area (Å²) in [5.41, 5.74) is 5.61. The molecule has 2 rings (SSSR count). The molecule has 0 aromatic heterocycles. The zero-order chi connectivity index (χ0) is 14.9. The lowest BCUT2D eigenvalue weighted by molar-refractivity contribution is 0.0101. The second-order valence-corrected chi connectivity index (χ2v) is 7.45. The largest absolute Gasteiger partial charge is 0.376 e. The zero-order valence-electron chi connectivity index (χ0n) is 11.0. The number of hydrogen-bond donors (Lipinski definition) is 1. The molecule has 5 nitrogen and oxygen atoms in total. The van der Waals surface area contributed by atoms with Crippen LogP contribution >= 0.6 is 15.9 Å². The Labute approximate surface area is 126 Å². The van der Waals surface area contributed by atoms with E-state index >= 15 is 0 Å². The molecule has 1 aliphatic heterocycles. The fourth-order valence-electron chi connectivity index (χ4n) is 2.10. The first-order valence-corrected chi connectivity index (χ1v) is 8.39. The van der Waals surface area contributed by atoms with Crippen LogP contribution in [0.1, 0.15) is 12.5 Å². The fraction of sp³-hybridized carbons (Fsp3) is 0.500. The number of sulfonamides is 1. The number of hydrogen-bond acceptors (Lipinski definition) is 4. The lowest BCUT2D eigenvalue weighted by atomic mass is 10.2. The number of ether oxygens (including phenoxy) is 1. The summed E-state index contributed by atoms with van der Waals surface area (Å²) in [6.07, 6.45) is -0.206. The smallest absolute Gasteiger partial charge is 0.246 e. The second-order valence-electron chi connectivity index (χ2n) is 4.63. The van der Waals surface area contributed by atoms with Gasteiger partial charge in [0, 0.05) is 29.7 Å². The average Bonchev–Trinajstić information content (AvgIpc) is 2.40. The topological polar surface area (TPSA) is 72.6 Å². The van der Waals surface area contributed by atoms with E-state index in [4.69, 9.17) is 10.5 Å². The molecule has 2 N–H and O–H groups in total. The van der Waals surface area contributed by atoms with Crippen molar-refractivity contribution in [2.75, 3.05) is 19.7 Å². The maximum atomic E-state index is 14.3. The van der Waals surface area contributed by atoms with Gasteiger partial charge in [-0.2, -0.15) is 4.31 Å². The Kier molecular flexibility index (Phi) is 4.80. The van der Waals surface area contributed by atoms with Crippen molar-refractivity contribution in [1.29, 1.82) is 0 Å². The summed E-state index contributed by atoms with van der Waals surface area (Å²) < 4.78 is 46.4. The van der Waals surface area contributed by atoms with E-state index < -0.39 is 15.8 Å². The van der Waals surface area contributed by atoms with Gasteiger partial charge in [-0.25, -0.2) is 12.8 Å². The minimum absolute atomic E-state index is 0.0622. The van der Waals surface area contributed by atoms with Gasteiger partial charge in [0.05, 0.1) is 12.7 Å². The van der Waals surface area contributed by atoms with E-state index in [9.17, 15) is 12.8 Å². The zero-order valence-corrected chi connectivity index (χ0v) is 13.4. The predicted octanol–water partition coefficient (Wildman–Crippen LogP) is 1.46. The molecule has 1 heterocycles. The van der Waals surface area contributed by atoms with Crippen molar-refractivity contribution in [2.45, 2.75) is 24.5 Å². The summed E-state index contributed by atoms with van der Waals surface area (Å²) in [6, 6.07) is 2.75. The standard InChI is InChI=1S/C12H16BrFN2O3S/c1-8-7-16(2-3-19-8)20(17,18)11-5-10(13)4-9(6-15)12(11)14/h4-5,8H,2-3,6-7,15H2,1H3. The maximum Gasteiger partial charge on any atom is 0.246 e. The molecule has 1 aromatic carbocycles. The minimum atomic E-state index is -3.89. The average molecular weight is 367 g/mol. The van der Waals surface area contributed by atoms with Crippen molar-refractivity contribution in [1.82, 2.24) is 4.31 Å². The van der Waals surface area contributed by atoms with Crippen LogP contribution < -0.4 is 5.73 Å². The summed E-state index contributed by atoms with van der Waals surface area (Å²) >= 11 is 3.19. The number of morpholine rings is 1. The molecule has 1 aromatic rings. The molecule has 1 saturated heterocycles. The van der Waals surface area contributed by atoms with Gasteiger partial charge in [0.25, 0.3) is 0 Å². The van der Waals surface area contributed by atoms with E-state index in [-0.39, 0.29) is 36.2 Å². The highest BCUT2D eigenvalue weighted by molar-refractivity contribution is 9.10. The molecule has 0 amide bonds. The summed E-state index contributed by atoms with van der Waals surface area (Å²) in [7, 11) is -3.89. The molecule has 8 heteroatoms. The summed E-state index contributed by atoms with van der Waals surface area (Å²) in [6.45, 7) is 2.46. The van der Waals surface area contributed by atoms with Gasteiger partial charge in [0.15, 0.2) is 0 Å². The molecule has 1 unspecified atom stereocenters. The molecular formula is C12H16BrFN2O3S. The Morgan fingerprint density at radius 1 is 1.55 bits per heavy atom. The minimum Gasteiger partial charge on any atom is -0.376 e. The van der Waals surface area contributed by atoms with Crippen LogP contribution in [-0.4, -0.2) is 38.5 Å². The Hall–Kier alpha value is -0.540. The van der Waals surface area contributed by atoms with Crippen molar-refractivity contribution in [3.8, 4) is 0 Å². The number of nitrogens with zero attached hydrogens (tertiary/aromatic N) is 1. The van der Waals surface area contributed by atoms with Gasteiger partial charge in [-0.05, 0) is 19.1 Å². The van der Waals surface area contributed by atoms with E-state index in [2.05, 4.69) is 15.9 Å². The third-order valence-corrected chi connectivity index (χ3v) is 5.44. The van der Waals surface area contributed by atoms with Crippen LogP contribution in [0.4, 0.5) is 4.39 Å². The monoisotopic (exact) mass is 366 g/mol. The van der Waals surface area contributed by atoms with E-state index in [1.807, 2.05) is 0 Å². The highest BCUT2D eigenvalue weighted by atomic mass is 79.9. The first kappa shape index (κ1) is 15.8. The second kappa shape index (κ2) is 6.07. The SMILES string of the molecule is CC1CN(S(=O)(=O)c2cc(Br)cc(CN)c2F)CCO1. The van der Waals surface area contributed by atoms with E-state index in [1.165, 1.54) is 16.4 Å². The highest BCUT2D eigenvalue weighted by Gasteiger charge is 2.32. The van der Waals surface area contributed by atoms with Crippen molar-refractivity contribution in [3.05, 3.63) is 28.0 Å². The lowest BCUT2D eigenvalue weighted by Crippen LogP contribution is -2.44. The Balaban J connectivity index is 2.46. The number of halogens is 2. The normalized spacial score (nSPS) is 21.1. The molecule has 1 fully saturated rings. The van der Waals surface area contributed by atoms with Crippen molar-refractivity contribution < 1.29 is 17.5 Å². The van der Waals surface area contributed by atoms with Crippen LogP contribution in [0.15, 0.2) is 21.5 Å².